The molecule has 1 aromatic carbocycles. The fraction of sp³-hybridized carbons (Fsp3) is 0.333. The second-order valence-electron chi connectivity index (χ2n) is 4.40. The molecular weight excluding hydrogens is 288 g/mol. The summed E-state index contributed by atoms with van der Waals surface area (Å²) in [6.07, 6.45) is 4.03. The van der Waals surface area contributed by atoms with Crippen LogP contribution in [0.1, 0.15) is 11.1 Å². The summed E-state index contributed by atoms with van der Waals surface area (Å²) in [5, 5.41) is 0.628. The van der Waals surface area contributed by atoms with Crippen molar-refractivity contribution in [2.75, 3.05) is 20.0 Å². The number of H-pyrrole nitrogens is 1. The van der Waals surface area contributed by atoms with Gasteiger partial charge in [0.15, 0.2) is 5.16 Å². The highest BCUT2D eigenvalue weighted by atomic mass is 32.2. The summed E-state index contributed by atoms with van der Waals surface area (Å²) in [4.78, 5) is 18.6. The molecule has 0 saturated heterocycles. The largest absolute Gasteiger partial charge is 0.497 e. The topological polar surface area (TPSA) is 64.2 Å². The maximum Gasteiger partial charge on any atom is 0.254 e. The van der Waals surface area contributed by atoms with E-state index in [1.165, 1.54) is 11.8 Å². The highest BCUT2D eigenvalue weighted by Crippen LogP contribution is 2.12. The molecule has 0 aliphatic carbocycles. The average Bonchev–Trinajstić information content (AvgIpc) is 2.53. The van der Waals surface area contributed by atoms with Crippen LogP contribution in [0, 0.1) is 0 Å². The van der Waals surface area contributed by atoms with E-state index in [1.54, 1.807) is 13.3 Å². The number of nitrogens with zero attached hydrogens (tertiary/aromatic N) is 1. The van der Waals surface area contributed by atoms with Gasteiger partial charge in [0.05, 0.1) is 20.3 Å². The minimum atomic E-state index is -0.0950. The molecule has 0 fully saturated rings. The number of ether oxygens (including phenoxy) is 2. The molecule has 2 rings (SSSR count). The molecule has 6 heteroatoms. The Bertz CT molecular complexity index is 626. The van der Waals surface area contributed by atoms with Gasteiger partial charge in [-0.05, 0) is 24.0 Å². The standard InChI is InChI=1S/C15H18N2O3S/c1-19-13-5-3-11(4-6-13)10-20-8-7-12-9-16-15(21-2)17-14(12)18/h3-6,9H,7-8,10H2,1-2H3,(H,16,17,18). The Morgan fingerprint density at radius 1 is 1.29 bits per heavy atom. The lowest BCUT2D eigenvalue weighted by molar-refractivity contribution is 0.123. The zero-order valence-electron chi connectivity index (χ0n) is 12.1. The number of hydrogen-bond acceptors (Lipinski definition) is 5. The van der Waals surface area contributed by atoms with E-state index >= 15 is 0 Å². The van der Waals surface area contributed by atoms with Crippen LogP contribution < -0.4 is 10.3 Å². The van der Waals surface area contributed by atoms with Crippen LogP contribution in [0.15, 0.2) is 40.4 Å². The van der Waals surface area contributed by atoms with Crippen LogP contribution in [0.3, 0.4) is 0 Å². The van der Waals surface area contributed by atoms with Crippen molar-refractivity contribution in [3.63, 3.8) is 0 Å². The first-order valence-electron chi connectivity index (χ1n) is 6.56. The minimum Gasteiger partial charge on any atom is -0.497 e. The molecule has 0 unspecified atom stereocenters. The highest BCUT2D eigenvalue weighted by molar-refractivity contribution is 7.98. The van der Waals surface area contributed by atoms with Gasteiger partial charge in [0.2, 0.25) is 0 Å². The van der Waals surface area contributed by atoms with Gasteiger partial charge in [-0.2, -0.15) is 0 Å². The molecule has 2 aromatic rings. The predicted octanol–water partition coefficient (Wildman–Crippen LogP) is 2.26. The molecule has 0 aliphatic rings. The van der Waals surface area contributed by atoms with Crippen molar-refractivity contribution in [1.82, 2.24) is 9.97 Å². The highest BCUT2D eigenvalue weighted by Gasteiger charge is 2.02. The minimum absolute atomic E-state index is 0.0950. The average molecular weight is 306 g/mol. The molecule has 0 saturated carbocycles. The molecule has 0 amide bonds. The Kier molecular flexibility index (Phi) is 5.83. The van der Waals surface area contributed by atoms with Crippen LogP contribution in [0.4, 0.5) is 0 Å². The molecular formula is C15H18N2O3S. The summed E-state index contributed by atoms with van der Waals surface area (Å²) in [5.41, 5.74) is 1.62. The summed E-state index contributed by atoms with van der Waals surface area (Å²) in [5.74, 6) is 0.824. The maximum atomic E-state index is 11.8. The first-order chi connectivity index (χ1) is 10.2. The van der Waals surface area contributed by atoms with Crippen molar-refractivity contribution in [1.29, 1.82) is 0 Å². The molecule has 1 N–H and O–H groups in total. The number of aromatic nitrogens is 2. The van der Waals surface area contributed by atoms with Crippen LogP contribution >= 0.6 is 11.8 Å². The van der Waals surface area contributed by atoms with Gasteiger partial charge in [0.25, 0.3) is 5.56 Å². The summed E-state index contributed by atoms with van der Waals surface area (Å²) in [6, 6.07) is 7.71. The third-order valence-electron chi connectivity index (χ3n) is 2.99. The summed E-state index contributed by atoms with van der Waals surface area (Å²) in [6.45, 7) is 0.994. The molecule has 0 radical (unpaired) electrons. The van der Waals surface area contributed by atoms with Gasteiger partial charge in [-0.15, -0.1) is 0 Å². The van der Waals surface area contributed by atoms with Gasteiger partial charge in [-0.25, -0.2) is 4.98 Å². The van der Waals surface area contributed by atoms with Crippen LogP contribution in [0.25, 0.3) is 0 Å². The van der Waals surface area contributed by atoms with E-state index in [9.17, 15) is 4.79 Å². The molecule has 1 aromatic heterocycles. The molecule has 0 aliphatic heterocycles. The number of nitrogens with one attached hydrogen (secondary N) is 1. The lowest BCUT2D eigenvalue weighted by atomic mass is 10.2. The van der Waals surface area contributed by atoms with Crippen molar-refractivity contribution in [2.24, 2.45) is 0 Å². The Balaban J connectivity index is 1.80. The van der Waals surface area contributed by atoms with Crippen molar-refractivity contribution in [3.05, 3.63) is 51.9 Å². The van der Waals surface area contributed by atoms with E-state index in [0.29, 0.717) is 30.4 Å². The van der Waals surface area contributed by atoms with Gasteiger partial charge >= 0.3 is 0 Å². The first-order valence-corrected chi connectivity index (χ1v) is 7.78. The maximum absolute atomic E-state index is 11.8. The first kappa shape index (κ1) is 15.6. The Labute approximate surface area is 127 Å². The van der Waals surface area contributed by atoms with Gasteiger partial charge in [-0.1, -0.05) is 23.9 Å². The van der Waals surface area contributed by atoms with Crippen LogP contribution in [0.2, 0.25) is 0 Å². The second kappa shape index (κ2) is 7.85. The number of hydrogen-bond donors (Lipinski definition) is 1. The lowest BCUT2D eigenvalue weighted by Crippen LogP contribution is -2.16. The van der Waals surface area contributed by atoms with Gasteiger partial charge in [0.1, 0.15) is 5.75 Å². The zero-order valence-corrected chi connectivity index (χ0v) is 12.9. The fourth-order valence-electron chi connectivity index (χ4n) is 1.78. The summed E-state index contributed by atoms with van der Waals surface area (Å²) in [7, 11) is 1.64. The summed E-state index contributed by atoms with van der Waals surface area (Å²) < 4.78 is 10.7. The van der Waals surface area contributed by atoms with Crippen LogP contribution in [-0.2, 0) is 17.8 Å². The van der Waals surface area contributed by atoms with E-state index in [2.05, 4.69) is 9.97 Å². The number of benzene rings is 1. The van der Waals surface area contributed by atoms with E-state index in [4.69, 9.17) is 9.47 Å². The molecule has 21 heavy (non-hydrogen) atoms. The summed E-state index contributed by atoms with van der Waals surface area (Å²) >= 11 is 1.41. The molecule has 5 nitrogen and oxygen atoms in total. The Hall–Kier alpha value is -1.79. The third-order valence-corrected chi connectivity index (χ3v) is 3.58. The molecule has 0 spiro atoms. The van der Waals surface area contributed by atoms with Gasteiger partial charge in [0, 0.05) is 18.2 Å². The second-order valence-corrected chi connectivity index (χ2v) is 5.19. The van der Waals surface area contributed by atoms with Crippen molar-refractivity contribution in [3.8, 4) is 5.75 Å². The van der Waals surface area contributed by atoms with Crippen LogP contribution in [-0.4, -0.2) is 29.9 Å². The van der Waals surface area contributed by atoms with E-state index in [-0.39, 0.29) is 5.56 Å². The number of rotatable bonds is 7. The number of methoxy groups -OCH3 is 1. The zero-order chi connectivity index (χ0) is 15.1. The molecule has 0 bridgehead atoms. The molecule has 0 atom stereocenters. The van der Waals surface area contributed by atoms with E-state index in [0.717, 1.165) is 11.3 Å². The molecule has 112 valence electrons. The Morgan fingerprint density at radius 3 is 2.67 bits per heavy atom. The smallest absolute Gasteiger partial charge is 0.254 e. The van der Waals surface area contributed by atoms with Crippen LogP contribution in [0.5, 0.6) is 5.75 Å². The molecule has 1 heterocycles. The quantitative estimate of drug-likeness (QED) is 0.483. The number of thioether (sulfide) groups is 1. The normalized spacial score (nSPS) is 10.6. The van der Waals surface area contributed by atoms with Crippen molar-refractivity contribution < 1.29 is 9.47 Å². The lowest BCUT2D eigenvalue weighted by Gasteiger charge is -2.05. The number of aromatic amines is 1. The van der Waals surface area contributed by atoms with Gasteiger partial charge in [-0.3, -0.25) is 4.79 Å². The fourth-order valence-corrected chi connectivity index (χ4v) is 2.13. The van der Waals surface area contributed by atoms with E-state index < -0.39 is 0 Å². The predicted molar refractivity (Wildman–Crippen MR) is 83.0 cm³/mol. The Morgan fingerprint density at radius 2 is 2.05 bits per heavy atom. The third kappa shape index (κ3) is 4.61. The van der Waals surface area contributed by atoms with E-state index in [1.807, 2.05) is 30.5 Å². The van der Waals surface area contributed by atoms with Crippen molar-refractivity contribution >= 4 is 11.8 Å². The van der Waals surface area contributed by atoms with Gasteiger partial charge < -0.3 is 14.5 Å². The monoisotopic (exact) mass is 306 g/mol. The van der Waals surface area contributed by atoms with Crippen molar-refractivity contribution in [2.45, 2.75) is 18.2 Å². The SMILES string of the molecule is COc1ccc(COCCc2cnc(SC)[nH]c2=O)cc1.